The fourth-order valence-electron chi connectivity index (χ4n) is 2.29. The Balaban J connectivity index is 2.20. The highest BCUT2D eigenvalue weighted by Gasteiger charge is 2.20. The number of imide groups is 1. The Morgan fingerprint density at radius 3 is 2.43 bits per heavy atom. The van der Waals surface area contributed by atoms with Crippen molar-refractivity contribution in [2.45, 2.75) is 18.7 Å². The Kier molecular flexibility index (Phi) is 6.37. The lowest BCUT2D eigenvalue weighted by Crippen LogP contribution is -2.37. The molecule has 2 aromatic rings. The van der Waals surface area contributed by atoms with Gasteiger partial charge in [-0.15, -0.1) is 0 Å². The van der Waals surface area contributed by atoms with Crippen molar-refractivity contribution in [3.8, 4) is 0 Å². The molecule has 0 aliphatic rings. The molecular formula is C18H19N3O6S. The number of rotatable bonds is 6. The van der Waals surface area contributed by atoms with Crippen molar-refractivity contribution >= 4 is 33.6 Å². The van der Waals surface area contributed by atoms with Gasteiger partial charge in [0.1, 0.15) is 0 Å². The summed E-state index contributed by atoms with van der Waals surface area (Å²) in [5, 5.41) is 1.75. The molecule has 4 N–H and O–H groups in total. The number of anilines is 1. The molecule has 0 unspecified atom stereocenters. The predicted molar refractivity (Wildman–Crippen MR) is 101 cm³/mol. The largest absolute Gasteiger partial charge is 0.452 e. The fourth-order valence-corrected chi connectivity index (χ4v) is 3.37. The first-order chi connectivity index (χ1) is 13.1. The van der Waals surface area contributed by atoms with Gasteiger partial charge in [0.25, 0.3) is 15.9 Å². The van der Waals surface area contributed by atoms with Crippen molar-refractivity contribution in [1.29, 1.82) is 0 Å². The predicted octanol–water partition coefficient (Wildman–Crippen LogP) is 1.46. The van der Waals surface area contributed by atoms with E-state index in [-0.39, 0.29) is 10.5 Å². The molecule has 3 amide bonds. The lowest BCUT2D eigenvalue weighted by atomic mass is 10.1. The van der Waals surface area contributed by atoms with Crippen LogP contribution in [0.2, 0.25) is 0 Å². The first kappa shape index (κ1) is 20.9. The molecule has 0 fully saturated rings. The number of primary amides is 1. The molecule has 0 aliphatic heterocycles. The van der Waals surface area contributed by atoms with E-state index in [0.29, 0.717) is 11.3 Å². The molecular weight excluding hydrogens is 386 g/mol. The van der Waals surface area contributed by atoms with Gasteiger partial charge in [0.05, 0.1) is 10.5 Å². The SMILES string of the molecule is Cc1cccc(NS(=O)(=O)c2ccc(C)c(C(=O)OCC(=O)NC(N)=O)c2)c1. The van der Waals surface area contributed by atoms with E-state index in [1.54, 1.807) is 30.4 Å². The Hall–Kier alpha value is -3.40. The zero-order valence-electron chi connectivity index (χ0n) is 15.2. The number of benzene rings is 2. The summed E-state index contributed by atoms with van der Waals surface area (Å²) in [6.45, 7) is 2.68. The van der Waals surface area contributed by atoms with Crippen LogP contribution < -0.4 is 15.8 Å². The highest BCUT2D eigenvalue weighted by Crippen LogP contribution is 2.20. The van der Waals surface area contributed by atoms with E-state index in [1.165, 1.54) is 12.1 Å². The second kappa shape index (κ2) is 8.53. The van der Waals surface area contributed by atoms with Crippen LogP contribution in [0.1, 0.15) is 21.5 Å². The van der Waals surface area contributed by atoms with E-state index in [2.05, 4.69) is 4.72 Å². The van der Waals surface area contributed by atoms with Crippen molar-refractivity contribution < 1.29 is 27.5 Å². The third-order valence-electron chi connectivity index (χ3n) is 3.61. The number of ether oxygens (including phenoxy) is 1. The van der Waals surface area contributed by atoms with Gasteiger partial charge in [0.2, 0.25) is 0 Å². The maximum atomic E-state index is 12.6. The maximum Gasteiger partial charge on any atom is 0.338 e. The average molecular weight is 405 g/mol. The van der Waals surface area contributed by atoms with Gasteiger partial charge in [-0.2, -0.15) is 0 Å². The molecule has 10 heteroatoms. The van der Waals surface area contributed by atoms with Crippen LogP contribution in [0.5, 0.6) is 0 Å². The average Bonchev–Trinajstić information content (AvgIpc) is 2.59. The quantitative estimate of drug-likeness (QED) is 0.621. The monoisotopic (exact) mass is 405 g/mol. The van der Waals surface area contributed by atoms with Crippen molar-refractivity contribution in [3.63, 3.8) is 0 Å². The minimum Gasteiger partial charge on any atom is -0.452 e. The van der Waals surface area contributed by atoms with Gasteiger partial charge in [0, 0.05) is 5.69 Å². The molecule has 0 saturated carbocycles. The molecule has 0 aliphatic carbocycles. The Morgan fingerprint density at radius 1 is 1.07 bits per heavy atom. The minimum absolute atomic E-state index is 0.0287. The second-order valence-electron chi connectivity index (χ2n) is 5.94. The second-order valence-corrected chi connectivity index (χ2v) is 7.62. The number of nitrogens with one attached hydrogen (secondary N) is 2. The number of esters is 1. The number of amides is 3. The van der Waals surface area contributed by atoms with E-state index in [1.807, 2.05) is 13.0 Å². The van der Waals surface area contributed by atoms with Crippen molar-refractivity contribution in [3.05, 3.63) is 59.2 Å². The molecule has 28 heavy (non-hydrogen) atoms. The smallest absolute Gasteiger partial charge is 0.338 e. The highest BCUT2D eigenvalue weighted by atomic mass is 32.2. The molecule has 0 saturated heterocycles. The number of carbonyl (C=O) groups is 3. The zero-order valence-corrected chi connectivity index (χ0v) is 16.0. The van der Waals surface area contributed by atoms with E-state index < -0.39 is 34.5 Å². The lowest BCUT2D eigenvalue weighted by Gasteiger charge is -2.11. The van der Waals surface area contributed by atoms with Gasteiger partial charge in [0.15, 0.2) is 6.61 Å². The van der Waals surface area contributed by atoms with Gasteiger partial charge >= 0.3 is 12.0 Å². The molecule has 0 atom stereocenters. The van der Waals surface area contributed by atoms with Gasteiger partial charge in [-0.3, -0.25) is 14.8 Å². The number of hydrogen-bond acceptors (Lipinski definition) is 6. The lowest BCUT2D eigenvalue weighted by molar-refractivity contribution is -0.123. The van der Waals surface area contributed by atoms with E-state index in [9.17, 15) is 22.8 Å². The molecule has 2 rings (SSSR count). The zero-order chi connectivity index (χ0) is 20.9. The topological polar surface area (TPSA) is 145 Å². The van der Waals surface area contributed by atoms with E-state index >= 15 is 0 Å². The Labute approximate surface area is 161 Å². The standard InChI is InChI=1S/C18H19N3O6S/c1-11-4-3-5-13(8-11)21-28(25,26)14-7-6-12(2)15(9-14)17(23)27-10-16(22)20-18(19)24/h3-9,21H,10H2,1-2H3,(H3,19,20,22,24). The summed E-state index contributed by atoms with van der Waals surface area (Å²) < 4.78 is 32.5. The van der Waals surface area contributed by atoms with Gasteiger partial charge in [-0.1, -0.05) is 18.2 Å². The molecule has 0 heterocycles. The molecule has 0 aromatic heterocycles. The summed E-state index contributed by atoms with van der Waals surface area (Å²) in [7, 11) is -3.95. The third-order valence-corrected chi connectivity index (χ3v) is 4.99. The summed E-state index contributed by atoms with van der Waals surface area (Å²) in [6, 6.07) is 9.68. The number of urea groups is 1. The normalized spacial score (nSPS) is 10.8. The molecule has 9 nitrogen and oxygen atoms in total. The summed E-state index contributed by atoms with van der Waals surface area (Å²) in [6.07, 6.45) is 0. The highest BCUT2D eigenvalue weighted by molar-refractivity contribution is 7.92. The molecule has 2 aromatic carbocycles. The van der Waals surface area contributed by atoms with Crippen LogP contribution in [-0.2, 0) is 19.6 Å². The Morgan fingerprint density at radius 2 is 1.79 bits per heavy atom. The number of carbonyl (C=O) groups excluding carboxylic acids is 3. The van der Waals surface area contributed by atoms with Crippen LogP contribution >= 0.6 is 0 Å². The van der Waals surface area contributed by atoms with Crippen LogP contribution in [0, 0.1) is 13.8 Å². The summed E-state index contributed by atoms with van der Waals surface area (Å²) >= 11 is 0. The first-order valence-corrected chi connectivity index (χ1v) is 9.53. The van der Waals surface area contributed by atoms with Crippen LogP contribution in [0.15, 0.2) is 47.4 Å². The molecule has 0 bridgehead atoms. The van der Waals surface area contributed by atoms with Gasteiger partial charge in [-0.05, 0) is 49.2 Å². The van der Waals surface area contributed by atoms with Gasteiger partial charge < -0.3 is 10.5 Å². The number of hydrogen-bond donors (Lipinski definition) is 3. The summed E-state index contributed by atoms with van der Waals surface area (Å²) in [4.78, 5) is 34.0. The van der Waals surface area contributed by atoms with Crippen molar-refractivity contribution in [1.82, 2.24) is 5.32 Å². The minimum atomic E-state index is -3.95. The summed E-state index contributed by atoms with van der Waals surface area (Å²) in [5.74, 6) is -1.81. The van der Waals surface area contributed by atoms with Crippen LogP contribution in [-0.4, -0.2) is 32.9 Å². The van der Waals surface area contributed by atoms with Crippen molar-refractivity contribution in [2.75, 3.05) is 11.3 Å². The molecule has 148 valence electrons. The van der Waals surface area contributed by atoms with E-state index in [4.69, 9.17) is 10.5 Å². The Bertz CT molecular complexity index is 1030. The molecule has 0 spiro atoms. The number of sulfonamides is 1. The first-order valence-electron chi connectivity index (χ1n) is 8.05. The third kappa shape index (κ3) is 5.55. The summed E-state index contributed by atoms with van der Waals surface area (Å²) in [5.41, 5.74) is 6.47. The van der Waals surface area contributed by atoms with Crippen LogP contribution in [0.4, 0.5) is 10.5 Å². The van der Waals surface area contributed by atoms with Crippen LogP contribution in [0.25, 0.3) is 0 Å². The van der Waals surface area contributed by atoms with Gasteiger partial charge in [-0.25, -0.2) is 18.0 Å². The van der Waals surface area contributed by atoms with Crippen LogP contribution in [0.3, 0.4) is 0 Å². The number of nitrogens with two attached hydrogens (primary N) is 1. The molecule has 0 radical (unpaired) electrons. The van der Waals surface area contributed by atoms with E-state index in [0.717, 1.165) is 11.6 Å². The fraction of sp³-hybridized carbons (Fsp3) is 0.167. The van der Waals surface area contributed by atoms with Crippen molar-refractivity contribution in [2.24, 2.45) is 5.73 Å². The maximum absolute atomic E-state index is 12.6. The number of aryl methyl sites for hydroxylation is 2.